The fourth-order valence-corrected chi connectivity index (χ4v) is 2.70. The van der Waals surface area contributed by atoms with E-state index in [4.69, 9.17) is 25.8 Å². The number of hydrogen-bond acceptors (Lipinski definition) is 5. The van der Waals surface area contributed by atoms with Crippen LogP contribution in [-0.4, -0.2) is 31.2 Å². The van der Waals surface area contributed by atoms with Crippen LogP contribution in [0.3, 0.4) is 0 Å². The van der Waals surface area contributed by atoms with Gasteiger partial charge in [-0.05, 0) is 42.8 Å². The Morgan fingerprint density at radius 1 is 1.19 bits per heavy atom. The first kappa shape index (κ1) is 19.0. The van der Waals surface area contributed by atoms with Crippen molar-refractivity contribution in [1.29, 1.82) is 0 Å². The van der Waals surface area contributed by atoms with Gasteiger partial charge in [0, 0.05) is 0 Å². The van der Waals surface area contributed by atoms with Crippen molar-refractivity contribution in [3.63, 3.8) is 0 Å². The molecule has 2 aromatic carbocycles. The van der Waals surface area contributed by atoms with Gasteiger partial charge in [-0.15, -0.1) is 0 Å². The maximum Gasteiger partial charge on any atom is 0.311 e. The number of ether oxygens (including phenoxy) is 3. The summed E-state index contributed by atoms with van der Waals surface area (Å²) in [6.45, 7) is 2.37. The third-order valence-corrected chi connectivity index (χ3v) is 4.13. The van der Waals surface area contributed by atoms with E-state index in [0.717, 1.165) is 6.07 Å². The molecule has 2 aromatic rings. The molecule has 27 heavy (non-hydrogen) atoms. The van der Waals surface area contributed by atoms with Crippen LogP contribution >= 0.6 is 11.6 Å². The Balaban J connectivity index is 1.56. The molecule has 0 saturated carbocycles. The molecule has 0 radical (unpaired) electrons. The van der Waals surface area contributed by atoms with Crippen LogP contribution in [0.2, 0.25) is 5.02 Å². The number of carbonyl (C=O) groups is 2. The first-order valence-electron chi connectivity index (χ1n) is 8.26. The lowest BCUT2D eigenvalue weighted by Crippen LogP contribution is -2.30. The number of carbonyl (C=O) groups excluding carboxylic acids is 2. The van der Waals surface area contributed by atoms with Crippen LogP contribution in [-0.2, 0) is 20.7 Å². The number of fused-ring (bicyclic) bond motifs is 1. The van der Waals surface area contributed by atoms with E-state index in [0.29, 0.717) is 30.3 Å². The molecule has 1 N–H and O–H groups in total. The van der Waals surface area contributed by atoms with Crippen molar-refractivity contribution in [2.75, 3.05) is 18.5 Å². The van der Waals surface area contributed by atoms with Gasteiger partial charge < -0.3 is 19.5 Å². The lowest BCUT2D eigenvalue weighted by molar-refractivity contribution is -0.152. The Labute approximate surface area is 160 Å². The third kappa shape index (κ3) is 4.89. The highest BCUT2D eigenvalue weighted by atomic mass is 35.5. The molecule has 1 atom stereocenters. The predicted molar refractivity (Wildman–Crippen MR) is 96.7 cm³/mol. The van der Waals surface area contributed by atoms with Crippen molar-refractivity contribution in [3.05, 3.63) is 52.8 Å². The molecule has 1 amide bonds. The summed E-state index contributed by atoms with van der Waals surface area (Å²) in [7, 11) is 0. The highest BCUT2D eigenvalue weighted by Gasteiger charge is 2.20. The Bertz CT molecular complexity index is 873. The summed E-state index contributed by atoms with van der Waals surface area (Å²) in [4.78, 5) is 24.3. The number of anilines is 1. The minimum Gasteiger partial charge on any atom is -0.486 e. The zero-order valence-electron chi connectivity index (χ0n) is 14.5. The second-order valence-corrected chi connectivity index (χ2v) is 6.31. The Morgan fingerprint density at radius 2 is 1.93 bits per heavy atom. The summed E-state index contributed by atoms with van der Waals surface area (Å²) in [6, 6.07) is 8.75. The first-order chi connectivity index (χ1) is 12.9. The molecule has 0 fully saturated rings. The number of amides is 1. The van der Waals surface area contributed by atoms with Gasteiger partial charge in [-0.1, -0.05) is 17.7 Å². The van der Waals surface area contributed by atoms with Gasteiger partial charge in [-0.2, -0.15) is 0 Å². The molecule has 0 spiro atoms. The molecule has 0 aliphatic carbocycles. The third-order valence-electron chi connectivity index (χ3n) is 3.82. The number of halogens is 2. The van der Waals surface area contributed by atoms with Crippen LogP contribution < -0.4 is 14.8 Å². The maximum absolute atomic E-state index is 13.0. The zero-order chi connectivity index (χ0) is 19.4. The molecule has 0 unspecified atom stereocenters. The van der Waals surface area contributed by atoms with Crippen LogP contribution in [0.15, 0.2) is 36.4 Å². The van der Waals surface area contributed by atoms with Gasteiger partial charge >= 0.3 is 5.97 Å². The Kier molecular flexibility index (Phi) is 5.81. The normalized spacial score (nSPS) is 13.6. The van der Waals surface area contributed by atoms with E-state index in [2.05, 4.69) is 5.32 Å². The van der Waals surface area contributed by atoms with E-state index in [9.17, 15) is 14.0 Å². The Hall–Kier alpha value is -2.80. The van der Waals surface area contributed by atoms with Gasteiger partial charge in [0.15, 0.2) is 17.6 Å². The van der Waals surface area contributed by atoms with Gasteiger partial charge in [0.25, 0.3) is 5.91 Å². The summed E-state index contributed by atoms with van der Waals surface area (Å²) in [5, 5.41) is 2.55. The monoisotopic (exact) mass is 393 g/mol. The van der Waals surface area contributed by atoms with Crippen molar-refractivity contribution in [2.45, 2.75) is 19.4 Å². The van der Waals surface area contributed by atoms with Gasteiger partial charge in [0.05, 0.1) is 17.1 Å². The van der Waals surface area contributed by atoms with Crippen molar-refractivity contribution >= 4 is 29.2 Å². The van der Waals surface area contributed by atoms with E-state index >= 15 is 0 Å². The number of hydrogen-bond donors (Lipinski definition) is 1. The van der Waals surface area contributed by atoms with Crippen molar-refractivity contribution in [3.8, 4) is 11.5 Å². The lowest BCUT2D eigenvalue weighted by Gasteiger charge is -2.19. The first-order valence-corrected chi connectivity index (χ1v) is 8.64. The van der Waals surface area contributed by atoms with Crippen molar-refractivity contribution < 1.29 is 28.2 Å². The van der Waals surface area contributed by atoms with Gasteiger partial charge in [0.1, 0.15) is 19.0 Å². The number of benzene rings is 2. The second-order valence-electron chi connectivity index (χ2n) is 5.90. The highest BCUT2D eigenvalue weighted by molar-refractivity contribution is 6.33. The molecule has 8 heteroatoms. The van der Waals surface area contributed by atoms with E-state index in [1.165, 1.54) is 19.1 Å². The molecule has 3 rings (SSSR count). The number of rotatable bonds is 5. The molecule has 142 valence electrons. The maximum atomic E-state index is 13.0. The van der Waals surface area contributed by atoms with Crippen LogP contribution in [0.1, 0.15) is 12.5 Å². The standard InChI is InChI=1S/C19H17ClFNO5/c1-11(19(24)22-15-4-3-13(21)10-14(15)20)27-18(23)9-12-2-5-16-17(8-12)26-7-6-25-16/h2-5,8,10-11H,6-7,9H2,1H3,(H,22,24)/t11-/m0/s1. The summed E-state index contributed by atoms with van der Waals surface area (Å²) < 4.78 is 29.1. The number of esters is 1. The highest BCUT2D eigenvalue weighted by Crippen LogP contribution is 2.31. The fourth-order valence-electron chi connectivity index (χ4n) is 2.48. The minimum atomic E-state index is -1.05. The van der Waals surface area contributed by atoms with E-state index in [1.807, 2.05) is 0 Å². The summed E-state index contributed by atoms with van der Waals surface area (Å²) in [6.07, 6.45) is -1.07. The van der Waals surface area contributed by atoms with Crippen molar-refractivity contribution in [2.24, 2.45) is 0 Å². The van der Waals surface area contributed by atoms with E-state index in [-0.39, 0.29) is 17.1 Å². The van der Waals surface area contributed by atoms with E-state index in [1.54, 1.807) is 18.2 Å². The SMILES string of the molecule is C[C@H](OC(=O)Cc1ccc2c(c1)OCCO2)C(=O)Nc1ccc(F)cc1Cl. The largest absolute Gasteiger partial charge is 0.486 e. The molecular weight excluding hydrogens is 377 g/mol. The lowest BCUT2D eigenvalue weighted by atomic mass is 10.1. The van der Waals surface area contributed by atoms with Crippen LogP contribution in [0.25, 0.3) is 0 Å². The summed E-state index contributed by atoms with van der Waals surface area (Å²) in [5.41, 5.74) is 0.913. The molecule has 0 bridgehead atoms. The number of nitrogens with one attached hydrogen (secondary N) is 1. The molecule has 1 heterocycles. The topological polar surface area (TPSA) is 73.9 Å². The van der Waals surface area contributed by atoms with Gasteiger partial charge in [-0.25, -0.2) is 4.39 Å². The molecular formula is C19H17ClFNO5. The summed E-state index contributed by atoms with van der Waals surface area (Å²) >= 11 is 5.86. The molecule has 6 nitrogen and oxygen atoms in total. The van der Waals surface area contributed by atoms with Crippen LogP contribution in [0.4, 0.5) is 10.1 Å². The van der Waals surface area contributed by atoms with Crippen molar-refractivity contribution in [1.82, 2.24) is 0 Å². The summed E-state index contributed by atoms with van der Waals surface area (Å²) in [5.74, 6) is -0.457. The van der Waals surface area contributed by atoms with Gasteiger partial charge in [0.2, 0.25) is 0 Å². The molecule has 0 aromatic heterocycles. The minimum absolute atomic E-state index is 0.0223. The molecule has 1 aliphatic heterocycles. The zero-order valence-corrected chi connectivity index (χ0v) is 15.2. The quantitative estimate of drug-likeness (QED) is 0.788. The predicted octanol–water partition coefficient (Wildman–Crippen LogP) is 3.36. The smallest absolute Gasteiger partial charge is 0.311 e. The second kappa shape index (κ2) is 8.26. The van der Waals surface area contributed by atoms with Gasteiger partial charge in [-0.3, -0.25) is 9.59 Å². The van der Waals surface area contributed by atoms with E-state index < -0.39 is 23.8 Å². The average Bonchev–Trinajstić information content (AvgIpc) is 2.63. The average molecular weight is 394 g/mol. The fraction of sp³-hybridized carbons (Fsp3) is 0.263. The molecule has 1 aliphatic rings. The van der Waals surface area contributed by atoms with Crippen LogP contribution in [0.5, 0.6) is 11.5 Å². The Morgan fingerprint density at radius 3 is 2.67 bits per heavy atom. The molecule has 0 saturated heterocycles. The van der Waals surface area contributed by atoms with Crippen LogP contribution in [0, 0.1) is 5.82 Å².